The summed E-state index contributed by atoms with van der Waals surface area (Å²) in [7, 11) is 0. The third kappa shape index (κ3) is 6.02. The molecule has 1 aromatic heterocycles. The minimum absolute atomic E-state index is 0.00966. The summed E-state index contributed by atoms with van der Waals surface area (Å²) >= 11 is 1.96. The van der Waals surface area contributed by atoms with E-state index in [1.165, 1.54) is 115 Å². The van der Waals surface area contributed by atoms with E-state index in [2.05, 4.69) is 252 Å². The average Bonchev–Trinajstić information content (AvgIpc) is 3.89. The first-order valence-electron chi connectivity index (χ1n) is 25.1. The molecule has 0 fully saturated rings. The van der Waals surface area contributed by atoms with Gasteiger partial charge in [-0.2, -0.15) is 0 Å². The molecule has 0 saturated heterocycles. The molecule has 71 heavy (non-hydrogen) atoms. The van der Waals surface area contributed by atoms with Crippen molar-refractivity contribution in [1.29, 1.82) is 0 Å². The van der Waals surface area contributed by atoms with Crippen molar-refractivity contribution in [3.05, 3.63) is 233 Å². The van der Waals surface area contributed by atoms with E-state index in [0.717, 1.165) is 17.2 Å². The molecular formula is C66H53BN2OS. The summed E-state index contributed by atoms with van der Waals surface area (Å²) < 4.78 is 9.47. The van der Waals surface area contributed by atoms with E-state index in [1.807, 2.05) is 11.3 Å². The molecule has 1 aliphatic carbocycles. The first kappa shape index (κ1) is 42.3. The maximum absolute atomic E-state index is 6.81. The van der Waals surface area contributed by atoms with Crippen LogP contribution in [0.5, 0.6) is 11.5 Å². The maximum atomic E-state index is 6.81. The van der Waals surface area contributed by atoms with Gasteiger partial charge in [0.1, 0.15) is 11.5 Å². The Kier molecular flexibility index (Phi) is 8.91. The number of nitrogens with zero attached hydrogens (tertiary/aromatic N) is 2. The van der Waals surface area contributed by atoms with E-state index in [9.17, 15) is 0 Å². The summed E-state index contributed by atoms with van der Waals surface area (Å²) in [5.41, 5.74) is 23.1. The lowest BCUT2D eigenvalue weighted by atomic mass is 9.36. The molecule has 9 aromatic carbocycles. The number of hydrogen-bond acceptors (Lipinski definition) is 4. The number of hydrogen-bond donors (Lipinski definition) is 0. The Bertz CT molecular complexity index is 3790. The van der Waals surface area contributed by atoms with Gasteiger partial charge in [0.25, 0.3) is 6.71 Å². The van der Waals surface area contributed by atoms with Gasteiger partial charge < -0.3 is 14.5 Å². The van der Waals surface area contributed by atoms with Gasteiger partial charge in [-0.1, -0.05) is 169 Å². The normalized spacial score (nSPS) is 14.5. The monoisotopic (exact) mass is 932 g/mol. The highest BCUT2D eigenvalue weighted by atomic mass is 32.1. The van der Waals surface area contributed by atoms with Crippen LogP contribution in [0.1, 0.15) is 80.5 Å². The first-order chi connectivity index (χ1) is 34.4. The highest BCUT2D eigenvalue weighted by Gasteiger charge is 2.53. The second kappa shape index (κ2) is 15.0. The van der Waals surface area contributed by atoms with E-state index in [1.54, 1.807) is 0 Å². The van der Waals surface area contributed by atoms with Crippen LogP contribution in [0.15, 0.2) is 194 Å². The van der Waals surface area contributed by atoms with Gasteiger partial charge >= 0.3 is 0 Å². The number of para-hydroxylation sites is 2. The van der Waals surface area contributed by atoms with Gasteiger partial charge in [0.15, 0.2) is 0 Å². The molecule has 4 aliphatic rings. The van der Waals surface area contributed by atoms with Crippen LogP contribution in [0.4, 0.5) is 34.1 Å². The molecule has 5 heteroatoms. The predicted octanol–water partition coefficient (Wildman–Crippen LogP) is 16.0. The topological polar surface area (TPSA) is 15.7 Å². The molecule has 0 radical (unpaired) electrons. The lowest BCUT2D eigenvalue weighted by Crippen LogP contribution is -2.60. The van der Waals surface area contributed by atoms with Crippen molar-refractivity contribution in [3.8, 4) is 33.8 Å². The third-order valence-electron chi connectivity index (χ3n) is 15.9. The maximum Gasteiger partial charge on any atom is 0.264 e. The zero-order valence-electron chi connectivity index (χ0n) is 41.3. The minimum Gasteiger partial charge on any atom is -0.457 e. The van der Waals surface area contributed by atoms with Crippen LogP contribution in [0.2, 0.25) is 0 Å². The van der Waals surface area contributed by atoms with E-state index < -0.39 is 5.41 Å². The highest BCUT2D eigenvalue weighted by molar-refractivity contribution is 7.33. The fourth-order valence-electron chi connectivity index (χ4n) is 12.5. The molecule has 0 amide bonds. The number of thiophene rings is 1. The molecule has 342 valence electrons. The standard InChI is InChI=1S/C66H53BN2OS/c1-40-35-56-61-57(36-40)69(46-32-28-44(29-33-46)65(5,6)7)62-49-37-42(41-17-9-8-10-18-41)25-34-60(49)71-63(62)67(61)54-38-48-47-19-11-12-20-50(47)66(51-21-13-15-23-58(51)70-59-24-16-14-22-52(59)66)53(48)39-55(54)68(56)45-30-26-43(27-31-45)64(2,3)4/h8-39H,1-7H3. The molecule has 0 unspecified atom stereocenters. The summed E-state index contributed by atoms with van der Waals surface area (Å²) in [5, 5.41) is 1.28. The third-order valence-corrected chi connectivity index (χ3v) is 17.1. The molecule has 4 heterocycles. The van der Waals surface area contributed by atoms with Crippen LogP contribution in [-0.4, -0.2) is 6.71 Å². The van der Waals surface area contributed by atoms with Gasteiger partial charge in [0.2, 0.25) is 0 Å². The second-order valence-corrected chi connectivity index (χ2v) is 23.2. The molecule has 14 rings (SSSR count). The SMILES string of the molecule is Cc1cc2c3c(c1)N(c1ccc(C(C)(C)C)cc1)c1c(sc4ccc(-c5ccccc5)cc14)B3c1cc3c(cc1N2c1ccc(C(C)(C)C)cc1)C1(c2ccccc2Oc2ccccc21)c1ccccc1-3. The van der Waals surface area contributed by atoms with Gasteiger partial charge in [-0.05, 0) is 145 Å². The van der Waals surface area contributed by atoms with Crippen LogP contribution in [0.3, 0.4) is 0 Å². The van der Waals surface area contributed by atoms with Crippen LogP contribution < -0.4 is 30.2 Å². The van der Waals surface area contributed by atoms with Crippen LogP contribution >= 0.6 is 11.3 Å². The molecule has 3 nitrogen and oxygen atoms in total. The zero-order chi connectivity index (χ0) is 48.1. The van der Waals surface area contributed by atoms with Crippen molar-refractivity contribution in [2.45, 2.75) is 64.7 Å². The Morgan fingerprint density at radius 1 is 0.479 bits per heavy atom. The second-order valence-electron chi connectivity index (χ2n) is 22.2. The first-order valence-corrected chi connectivity index (χ1v) is 25.9. The quantitative estimate of drug-likeness (QED) is 0.164. The van der Waals surface area contributed by atoms with Gasteiger partial charge in [-0.3, -0.25) is 0 Å². The Hall–Kier alpha value is -7.60. The van der Waals surface area contributed by atoms with Crippen molar-refractivity contribution in [1.82, 2.24) is 0 Å². The summed E-state index contributed by atoms with van der Waals surface area (Å²) in [5.74, 6) is 1.80. The summed E-state index contributed by atoms with van der Waals surface area (Å²) in [4.78, 5) is 5.21. The molecule has 10 aromatic rings. The van der Waals surface area contributed by atoms with Gasteiger partial charge in [-0.15, -0.1) is 11.3 Å². The average molecular weight is 933 g/mol. The van der Waals surface area contributed by atoms with Crippen LogP contribution in [0.25, 0.3) is 32.3 Å². The van der Waals surface area contributed by atoms with Gasteiger partial charge in [0, 0.05) is 54.4 Å². The van der Waals surface area contributed by atoms with E-state index in [-0.39, 0.29) is 17.5 Å². The Balaban J connectivity index is 1.11. The summed E-state index contributed by atoms with van der Waals surface area (Å²) in [6.45, 7) is 16.1. The fourth-order valence-corrected chi connectivity index (χ4v) is 13.8. The van der Waals surface area contributed by atoms with E-state index >= 15 is 0 Å². The lowest BCUT2D eigenvalue weighted by molar-refractivity contribution is 0.436. The zero-order valence-corrected chi connectivity index (χ0v) is 42.1. The Labute approximate surface area is 421 Å². The van der Waals surface area contributed by atoms with Gasteiger partial charge in [0.05, 0.1) is 11.1 Å². The Morgan fingerprint density at radius 2 is 1.04 bits per heavy atom. The van der Waals surface area contributed by atoms with Gasteiger partial charge in [-0.25, -0.2) is 0 Å². The summed E-state index contributed by atoms with van der Waals surface area (Å²) in [6, 6.07) is 73.5. The van der Waals surface area contributed by atoms with E-state index in [0.29, 0.717) is 0 Å². The Morgan fingerprint density at radius 3 is 1.68 bits per heavy atom. The minimum atomic E-state index is -0.606. The fraction of sp³-hybridized carbons (Fsp3) is 0.152. The predicted molar refractivity (Wildman–Crippen MR) is 301 cm³/mol. The number of ether oxygens (including phenoxy) is 1. The number of anilines is 6. The molecule has 0 bridgehead atoms. The molecule has 0 atom stereocenters. The van der Waals surface area contributed by atoms with Crippen molar-refractivity contribution < 1.29 is 4.74 Å². The highest BCUT2D eigenvalue weighted by Crippen LogP contribution is 2.63. The smallest absolute Gasteiger partial charge is 0.264 e. The molecule has 0 N–H and O–H groups in total. The lowest BCUT2D eigenvalue weighted by Gasteiger charge is -2.44. The number of benzene rings is 9. The van der Waals surface area contributed by atoms with Crippen molar-refractivity contribution in [2.24, 2.45) is 0 Å². The number of aryl methyl sites for hydroxylation is 1. The van der Waals surface area contributed by atoms with Crippen LogP contribution in [-0.2, 0) is 16.2 Å². The molecular weight excluding hydrogens is 880 g/mol. The van der Waals surface area contributed by atoms with Crippen molar-refractivity contribution in [3.63, 3.8) is 0 Å². The van der Waals surface area contributed by atoms with Crippen molar-refractivity contribution >= 4 is 78.0 Å². The largest absolute Gasteiger partial charge is 0.457 e. The van der Waals surface area contributed by atoms with Crippen molar-refractivity contribution in [2.75, 3.05) is 9.80 Å². The number of rotatable bonds is 3. The molecule has 3 aliphatic heterocycles. The summed E-state index contributed by atoms with van der Waals surface area (Å²) in [6.07, 6.45) is 0. The molecule has 1 spiro atoms. The van der Waals surface area contributed by atoms with Crippen LogP contribution in [0, 0.1) is 6.92 Å². The molecule has 0 saturated carbocycles. The van der Waals surface area contributed by atoms with E-state index in [4.69, 9.17) is 4.74 Å². The number of fused-ring (bicyclic) bond motifs is 15.